The number of nitrogens with two attached hydrogens (primary N) is 1. The average molecular weight is 246 g/mol. The zero-order valence-corrected chi connectivity index (χ0v) is 9.64. The summed E-state index contributed by atoms with van der Waals surface area (Å²) in [5, 5.41) is 14.7. The number of nitrogen functional groups attached to an aromatic ring is 1. The van der Waals surface area contributed by atoms with E-state index in [1.807, 2.05) is 6.92 Å². The summed E-state index contributed by atoms with van der Waals surface area (Å²) in [4.78, 5) is 0. The Labute approximate surface area is 103 Å². The number of aryl methyl sites for hydroxylation is 1. The molecule has 6 heteroatoms. The molecular formula is C12H11FN4O. The molecule has 0 saturated carbocycles. The van der Waals surface area contributed by atoms with Crippen molar-refractivity contribution < 1.29 is 9.13 Å². The molecule has 0 saturated heterocycles. The summed E-state index contributed by atoms with van der Waals surface area (Å²) >= 11 is 0. The molecule has 0 unspecified atom stereocenters. The first kappa shape index (κ1) is 12.0. The van der Waals surface area contributed by atoms with Gasteiger partial charge in [0.25, 0.3) is 0 Å². The maximum absolute atomic E-state index is 13.5. The van der Waals surface area contributed by atoms with Crippen LogP contribution in [0.4, 0.5) is 4.39 Å². The van der Waals surface area contributed by atoms with Gasteiger partial charge in [-0.1, -0.05) is 6.07 Å². The number of aromatic nitrogens is 2. The second-order valence-electron chi connectivity index (χ2n) is 3.70. The van der Waals surface area contributed by atoms with Crippen molar-refractivity contribution in [3.63, 3.8) is 0 Å². The normalized spacial score (nSPS) is 10.1. The van der Waals surface area contributed by atoms with Crippen LogP contribution in [0.1, 0.15) is 11.1 Å². The summed E-state index contributed by atoms with van der Waals surface area (Å²) in [5.41, 5.74) is 6.49. The lowest BCUT2D eigenvalue weighted by Gasteiger charge is -2.09. The van der Waals surface area contributed by atoms with Gasteiger partial charge in [0.1, 0.15) is 5.84 Å². The van der Waals surface area contributed by atoms with E-state index in [-0.39, 0.29) is 23.0 Å². The molecule has 0 radical (unpaired) electrons. The van der Waals surface area contributed by atoms with Crippen molar-refractivity contribution >= 4 is 5.84 Å². The maximum atomic E-state index is 13.5. The van der Waals surface area contributed by atoms with Gasteiger partial charge in [0, 0.05) is 0 Å². The Morgan fingerprint density at radius 1 is 1.39 bits per heavy atom. The highest BCUT2D eigenvalue weighted by Gasteiger charge is 2.12. The van der Waals surface area contributed by atoms with Crippen molar-refractivity contribution in [1.82, 2.24) is 10.2 Å². The predicted octanol–water partition coefficient (Wildman–Crippen LogP) is 2.00. The molecule has 2 rings (SSSR count). The Balaban J connectivity index is 2.40. The number of hydrogen-bond acceptors (Lipinski definition) is 4. The largest absolute Gasteiger partial charge is 0.434 e. The van der Waals surface area contributed by atoms with Gasteiger partial charge in [-0.2, -0.15) is 5.10 Å². The standard InChI is InChI=1S/C12H11FN4O/c1-7-2-3-9(13)10(6-7)18-12-8(11(14)15)4-5-16-17-12/h2-6H,1H3,(H3,14,15). The molecule has 1 aromatic heterocycles. The van der Waals surface area contributed by atoms with Crippen molar-refractivity contribution in [3.8, 4) is 11.6 Å². The zero-order chi connectivity index (χ0) is 13.1. The van der Waals surface area contributed by atoms with Crippen molar-refractivity contribution in [1.29, 1.82) is 5.41 Å². The third-order valence-electron chi connectivity index (χ3n) is 2.27. The summed E-state index contributed by atoms with van der Waals surface area (Å²) in [5.74, 6) is -0.693. The van der Waals surface area contributed by atoms with Crippen molar-refractivity contribution in [2.24, 2.45) is 5.73 Å². The van der Waals surface area contributed by atoms with E-state index in [4.69, 9.17) is 15.9 Å². The molecule has 0 aliphatic rings. The molecule has 0 atom stereocenters. The molecule has 0 aliphatic carbocycles. The number of nitrogens with one attached hydrogen (secondary N) is 1. The van der Waals surface area contributed by atoms with E-state index in [0.717, 1.165) is 5.56 Å². The van der Waals surface area contributed by atoms with Crippen LogP contribution in [0.25, 0.3) is 0 Å². The molecule has 0 spiro atoms. The zero-order valence-electron chi connectivity index (χ0n) is 9.64. The fraction of sp³-hybridized carbons (Fsp3) is 0.0833. The number of benzene rings is 1. The molecule has 5 nitrogen and oxygen atoms in total. The SMILES string of the molecule is Cc1ccc(F)c(Oc2nnccc2C(=N)N)c1. The van der Waals surface area contributed by atoms with Gasteiger partial charge in [-0.25, -0.2) is 4.39 Å². The topological polar surface area (TPSA) is 84.9 Å². The summed E-state index contributed by atoms with van der Waals surface area (Å²) < 4.78 is 18.8. The second-order valence-corrected chi connectivity index (χ2v) is 3.70. The van der Waals surface area contributed by atoms with Gasteiger partial charge in [-0.05, 0) is 30.7 Å². The molecule has 0 fully saturated rings. The molecule has 0 bridgehead atoms. The van der Waals surface area contributed by atoms with Crippen LogP contribution in [0.15, 0.2) is 30.5 Å². The molecule has 0 aliphatic heterocycles. The fourth-order valence-corrected chi connectivity index (χ4v) is 1.39. The summed E-state index contributed by atoms with van der Waals surface area (Å²) in [7, 11) is 0. The monoisotopic (exact) mass is 246 g/mol. The van der Waals surface area contributed by atoms with Crippen LogP contribution in [0.5, 0.6) is 11.6 Å². The van der Waals surface area contributed by atoms with Crippen molar-refractivity contribution in [3.05, 3.63) is 47.4 Å². The van der Waals surface area contributed by atoms with Crippen molar-refractivity contribution in [2.45, 2.75) is 6.92 Å². The lowest BCUT2D eigenvalue weighted by atomic mass is 10.2. The Kier molecular flexibility index (Phi) is 3.18. The Bertz CT molecular complexity index is 600. The summed E-state index contributed by atoms with van der Waals surface area (Å²) in [6.45, 7) is 1.81. The van der Waals surface area contributed by atoms with Gasteiger partial charge >= 0.3 is 0 Å². The van der Waals surface area contributed by atoms with Gasteiger partial charge in [-0.15, -0.1) is 5.10 Å². The molecule has 1 heterocycles. The lowest BCUT2D eigenvalue weighted by Crippen LogP contribution is -2.13. The number of nitrogens with zero attached hydrogens (tertiary/aromatic N) is 2. The highest BCUT2D eigenvalue weighted by Crippen LogP contribution is 2.25. The highest BCUT2D eigenvalue weighted by molar-refractivity contribution is 5.96. The number of amidine groups is 1. The first-order chi connectivity index (χ1) is 8.58. The van der Waals surface area contributed by atoms with E-state index in [9.17, 15) is 4.39 Å². The lowest BCUT2D eigenvalue weighted by molar-refractivity contribution is 0.420. The van der Waals surface area contributed by atoms with E-state index in [1.54, 1.807) is 6.07 Å². The van der Waals surface area contributed by atoms with Crippen LogP contribution in [-0.2, 0) is 0 Å². The number of ether oxygens (including phenoxy) is 1. The first-order valence-electron chi connectivity index (χ1n) is 5.18. The van der Waals surface area contributed by atoms with Gasteiger partial charge in [-0.3, -0.25) is 5.41 Å². The van der Waals surface area contributed by atoms with Gasteiger partial charge in [0.2, 0.25) is 5.88 Å². The molecule has 2 aromatic rings. The van der Waals surface area contributed by atoms with Crippen LogP contribution >= 0.6 is 0 Å². The van der Waals surface area contributed by atoms with Crippen LogP contribution in [0.2, 0.25) is 0 Å². The Morgan fingerprint density at radius 2 is 2.17 bits per heavy atom. The molecule has 1 aromatic carbocycles. The van der Waals surface area contributed by atoms with Crippen molar-refractivity contribution in [2.75, 3.05) is 0 Å². The minimum absolute atomic E-state index is 0.00880. The second kappa shape index (κ2) is 4.79. The van der Waals surface area contributed by atoms with Crippen LogP contribution in [0.3, 0.4) is 0 Å². The molecule has 18 heavy (non-hydrogen) atoms. The highest BCUT2D eigenvalue weighted by atomic mass is 19.1. The summed E-state index contributed by atoms with van der Waals surface area (Å²) in [6.07, 6.45) is 1.39. The maximum Gasteiger partial charge on any atom is 0.250 e. The minimum atomic E-state index is -0.513. The average Bonchev–Trinajstić information content (AvgIpc) is 2.34. The third-order valence-corrected chi connectivity index (χ3v) is 2.27. The smallest absolute Gasteiger partial charge is 0.250 e. The Hall–Kier alpha value is -2.50. The number of halogens is 1. The van der Waals surface area contributed by atoms with Crippen LogP contribution < -0.4 is 10.5 Å². The van der Waals surface area contributed by atoms with E-state index in [1.165, 1.54) is 24.4 Å². The van der Waals surface area contributed by atoms with Gasteiger partial charge in [0.05, 0.1) is 11.8 Å². The molecule has 0 amide bonds. The molecular weight excluding hydrogens is 235 g/mol. The van der Waals surface area contributed by atoms with Crippen LogP contribution in [-0.4, -0.2) is 16.0 Å². The molecule has 3 N–H and O–H groups in total. The first-order valence-corrected chi connectivity index (χ1v) is 5.18. The molecule has 92 valence electrons. The van der Waals surface area contributed by atoms with Crippen LogP contribution in [0, 0.1) is 18.2 Å². The predicted molar refractivity (Wildman–Crippen MR) is 64.3 cm³/mol. The van der Waals surface area contributed by atoms with Gasteiger partial charge in [0.15, 0.2) is 11.6 Å². The summed E-state index contributed by atoms with van der Waals surface area (Å²) in [6, 6.07) is 5.95. The van der Waals surface area contributed by atoms with E-state index < -0.39 is 5.82 Å². The number of rotatable bonds is 3. The Morgan fingerprint density at radius 3 is 2.89 bits per heavy atom. The number of hydrogen-bond donors (Lipinski definition) is 2. The van der Waals surface area contributed by atoms with Gasteiger partial charge < -0.3 is 10.5 Å². The minimum Gasteiger partial charge on any atom is -0.434 e. The van der Waals surface area contributed by atoms with E-state index in [0.29, 0.717) is 0 Å². The van der Waals surface area contributed by atoms with E-state index in [2.05, 4.69) is 10.2 Å². The third kappa shape index (κ3) is 2.42. The fourth-order valence-electron chi connectivity index (χ4n) is 1.39. The quantitative estimate of drug-likeness (QED) is 0.640. The van der Waals surface area contributed by atoms with E-state index >= 15 is 0 Å².